The quantitative estimate of drug-likeness (QED) is 0.163. The van der Waals surface area contributed by atoms with Crippen LogP contribution in [0.4, 0.5) is 34.1 Å². The Bertz CT molecular complexity index is 2990. The number of benzene rings is 6. The summed E-state index contributed by atoms with van der Waals surface area (Å²) in [5, 5.41) is 0. The van der Waals surface area contributed by atoms with Gasteiger partial charge in [-0.15, -0.1) is 0 Å². The van der Waals surface area contributed by atoms with E-state index in [2.05, 4.69) is 238 Å². The lowest BCUT2D eigenvalue weighted by Crippen LogP contribution is -2.62. The van der Waals surface area contributed by atoms with Crippen LogP contribution in [-0.2, 0) is 37.9 Å². The lowest BCUT2D eigenvalue weighted by molar-refractivity contribution is 0.403. The third kappa shape index (κ3) is 6.78. The van der Waals surface area contributed by atoms with Crippen molar-refractivity contribution in [3.63, 3.8) is 0 Å². The molecule has 0 saturated heterocycles. The summed E-state index contributed by atoms with van der Waals surface area (Å²) in [4.78, 5) is 5.42. The minimum Gasteiger partial charge on any atom is -0.311 e. The molecule has 2 nitrogen and oxygen atoms in total. The molecule has 0 amide bonds. The van der Waals surface area contributed by atoms with Crippen LogP contribution in [0.2, 0.25) is 0 Å². The Morgan fingerprint density at radius 2 is 0.818 bits per heavy atom. The zero-order valence-corrected chi connectivity index (χ0v) is 43.7. The van der Waals surface area contributed by atoms with Crippen LogP contribution in [0.1, 0.15) is 175 Å². The molecule has 6 aromatic rings. The highest BCUT2D eigenvalue weighted by molar-refractivity contribution is 7.00. The number of aryl methyl sites for hydroxylation is 1. The Morgan fingerprint density at radius 3 is 1.26 bits per heavy atom. The molecule has 10 rings (SSSR count). The second kappa shape index (κ2) is 14.0. The summed E-state index contributed by atoms with van der Waals surface area (Å²) in [7, 11) is 0. The molecule has 0 spiro atoms. The molecule has 0 radical (unpaired) electrons. The van der Waals surface area contributed by atoms with Crippen molar-refractivity contribution in [2.45, 2.75) is 175 Å². The molecule has 0 saturated carbocycles. The average molecular weight is 871 g/mol. The molecular weight excluding hydrogens is 796 g/mol. The first-order valence-electron chi connectivity index (χ1n) is 25.0. The Labute approximate surface area is 399 Å². The normalized spacial score (nSPS) is 18.4. The largest absolute Gasteiger partial charge is 0.311 e. The smallest absolute Gasteiger partial charge is 0.252 e. The van der Waals surface area contributed by atoms with Gasteiger partial charge in [-0.1, -0.05) is 178 Å². The van der Waals surface area contributed by atoms with Gasteiger partial charge in [0.15, 0.2) is 0 Å². The van der Waals surface area contributed by atoms with Crippen molar-refractivity contribution in [1.82, 2.24) is 0 Å². The van der Waals surface area contributed by atoms with Crippen molar-refractivity contribution in [3.8, 4) is 11.1 Å². The predicted molar refractivity (Wildman–Crippen MR) is 288 cm³/mol. The fourth-order valence-electron chi connectivity index (χ4n) is 13.3. The van der Waals surface area contributed by atoms with Gasteiger partial charge in [-0.25, -0.2) is 0 Å². The first-order valence-corrected chi connectivity index (χ1v) is 25.0. The summed E-state index contributed by atoms with van der Waals surface area (Å²) >= 11 is 0. The van der Waals surface area contributed by atoms with Crippen LogP contribution in [0, 0.1) is 6.92 Å². The molecule has 2 aliphatic carbocycles. The fourth-order valence-corrected chi connectivity index (χ4v) is 13.3. The second-order valence-electron chi connectivity index (χ2n) is 26.7. The number of hydrogen-bond acceptors (Lipinski definition) is 2. The first-order chi connectivity index (χ1) is 30.5. The maximum Gasteiger partial charge on any atom is 0.252 e. The molecule has 0 atom stereocenters. The van der Waals surface area contributed by atoms with Gasteiger partial charge in [0.25, 0.3) is 6.71 Å². The second-order valence-corrected chi connectivity index (χ2v) is 26.7. The minimum absolute atomic E-state index is 0.0120. The number of nitrogens with zero attached hydrogens (tertiary/aromatic N) is 2. The highest BCUT2D eigenvalue weighted by Gasteiger charge is 2.51. The topological polar surface area (TPSA) is 6.48 Å². The Balaban J connectivity index is 1.39. The van der Waals surface area contributed by atoms with Gasteiger partial charge in [0, 0.05) is 34.0 Å². The third-order valence-corrected chi connectivity index (χ3v) is 16.4. The van der Waals surface area contributed by atoms with Crippen LogP contribution in [-0.4, -0.2) is 6.71 Å². The lowest BCUT2D eigenvalue weighted by Gasteiger charge is -2.46. The summed E-state index contributed by atoms with van der Waals surface area (Å²) < 4.78 is 0. The van der Waals surface area contributed by atoms with E-state index >= 15 is 0 Å². The van der Waals surface area contributed by atoms with Crippen molar-refractivity contribution in [1.29, 1.82) is 0 Å². The van der Waals surface area contributed by atoms with Crippen molar-refractivity contribution >= 4 is 57.2 Å². The molecule has 340 valence electrons. The van der Waals surface area contributed by atoms with Gasteiger partial charge in [-0.05, 0) is 167 Å². The van der Waals surface area contributed by atoms with E-state index in [-0.39, 0.29) is 44.6 Å². The zero-order chi connectivity index (χ0) is 47.6. The first kappa shape index (κ1) is 44.8. The maximum atomic E-state index is 2.72. The van der Waals surface area contributed by atoms with Crippen molar-refractivity contribution in [2.75, 3.05) is 9.80 Å². The summed E-state index contributed by atoms with van der Waals surface area (Å²) in [5.41, 5.74) is 26.0. The van der Waals surface area contributed by atoms with E-state index < -0.39 is 0 Å². The van der Waals surface area contributed by atoms with E-state index in [0.29, 0.717) is 0 Å². The van der Waals surface area contributed by atoms with E-state index in [9.17, 15) is 0 Å². The molecule has 6 aromatic carbocycles. The van der Waals surface area contributed by atoms with Crippen LogP contribution in [0.5, 0.6) is 0 Å². The van der Waals surface area contributed by atoms with Gasteiger partial charge in [0.05, 0.1) is 5.69 Å². The lowest BCUT2D eigenvalue weighted by atomic mass is 9.33. The molecule has 0 unspecified atom stereocenters. The molecule has 66 heavy (non-hydrogen) atoms. The van der Waals surface area contributed by atoms with E-state index in [1.54, 1.807) is 0 Å². The minimum atomic E-state index is -0.115. The van der Waals surface area contributed by atoms with Gasteiger partial charge in [-0.2, -0.15) is 0 Å². The third-order valence-electron chi connectivity index (χ3n) is 16.4. The Hall–Kier alpha value is -5.02. The fraction of sp³-hybridized carbons (Fsp3) is 0.429. The number of anilines is 6. The van der Waals surface area contributed by atoms with Crippen molar-refractivity contribution in [2.24, 2.45) is 0 Å². The molecule has 4 aliphatic rings. The van der Waals surface area contributed by atoms with Crippen molar-refractivity contribution < 1.29 is 0 Å². The van der Waals surface area contributed by atoms with Gasteiger partial charge in [0.1, 0.15) is 0 Å². The van der Waals surface area contributed by atoms with E-state index in [1.165, 1.54) is 106 Å². The Kier molecular flexibility index (Phi) is 9.52. The van der Waals surface area contributed by atoms with Crippen LogP contribution in [0.3, 0.4) is 0 Å². The SMILES string of the molecule is Cc1cc(C(C)(C)C)ccc1N1c2cc3c(cc2B2c4cc5c(cc4N(c4ccc(C(C)(C)C)cc4-c4ccccc4)c4cc(C(C)(C)C)cc1c42)C(C)(C)CC5(C)C)C(C)(C)CC3(C)C. The number of hydrogen-bond donors (Lipinski definition) is 0. The molecule has 3 heteroatoms. The monoisotopic (exact) mass is 871 g/mol. The molecule has 2 aliphatic heterocycles. The van der Waals surface area contributed by atoms with Gasteiger partial charge in [0.2, 0.25) is 0 Å². The van der Waals surface area contributed by atoms with Crippen LogP contribution < -0.4 is 26.2 Å². The number of rotatable bonds is 3. The predicted octanol–water partition coefficient (Wildman–Crippen LogP) is 15.6. The van der Waals surface area contributed by atoms with E-state index in [0.717, 1.165) is 12.8 Å². The Morgan fingerprint density at radius 1 is 0.409 bits per heavy atom. The maximum absolute atomic E-state index is 2.72. The average Bonchev–Trinajstić information content (AvgIpc) is 3.51. The molecule has 0 aromatic heterocycles. The summed E-state index contributed by atoms with van der Waals surface area (Å²) in [6.45, 7) is 43.4. The van der Waals surface area contributed by atoms with E-state index in [1.807, 2.05) is 0 Å². The molecule has 0 fully saturated rings. The van der Waals surface area contributed by atoms with Gasteiger partial charge >= 0.3 is 0 Å². The molecule has 2 heterocycles. The van der Waals surface area contributed by atoms with Crippen LogP contribution >= 0.6 is 0 Å². The molecule has 0 bridgehead atoms. The number of fused-ring (bicyclic) bond motifs is 6. The highest BCUT2D eigenvalue weighted by Crippen LogP contribution is 2.56. The van der Waals surface area contributed by atoms with Gasteiger partial charge in [-0.3, -0.25) is 0 Å². The van der Waals surface area contributed by atoms with Crippen LogP contribution in [0.25, 0.3) is 11.1 Å². The summed E-state index contributed by atoms with van der Waals surface area (Å²) in [6, 6.07) is 41.6. The van der Waals surface area contributed by atoms with Gasteiger partial charge < -0.3 is 9.80 Å². The highest BCUT2D eigenvalue weighted by atomic mass is 15.2. The summed E-state index contributed by atoms with van der Waals surface area (Å²) in [6.07, 6.45) is 2.25. The standard InChI is InChI=1S/C63H75BN2/c1-38-28-40(57(2,3)4)24-26-50(38)65-52-34-46-44(60(11,12)36-62(46,15)16)32-48(52)64-49-33-45-47(63(17,18)37-61(45,13)14)35-53(49)66(55-31-42(59(8,9)10)30-54(65)56(55)64)51-27-25-41(58(5,6)7)29-43(51)39-22-20-19-21-23-39/h19-35H,36-37H2,1-18H3. The zero-order valence-electron chi connectivity index (χ0n) is 43.7. The van der Waals surface area contributed by atoms with Crippen molar-refractivity contribution in [3.05, 3.63) is 148 Å². The summed E-state index contributed by atoms with van der Waals surface area (Å²) in [5.74, 6) is 0. The molecular formula is C63H75BN2. The molecule has 0 N–H and O–H groups in total. The van der Waals surface area contributed by atoms with E-state index in [4.69, 9.17) is 0 Å². The van der Waals surface area contributed by atoms with Crippen LogP contribution in [0.15, 0.2) is 103 Å².